The smallest absolute Gasteiger partial charge is 0.247 e. The van der Waals surface area contributed by atoms with Crippen molar-refractivity contribution < 1.29 is 11.0 Å². The first kappa shape index (κ1) is 25.6. The number of hydrogen-bond acceptors (Lipinski definition) is 6. The van der Waals surface area contributed by atoms with E-state index in [9.17, 15) is 4.79 Å². The number of hydrogen-bond donors (Lipinski definition) is 1. The molecule has 0 aliphatic heterocycles. The van der Waals surface area contributed by atoms with Gasteiger partial charge in [0.1, 0.15) is 12.3 Å². The van der Waals surface area contributed by atoms with Gasteiger partial charge in [0.25, 0.3) is 0 Å². The van der Waals surface area contributed by atoms with Crippen LogP contribution in [0.5, 0.6) is 5.75 Å². The Bertz CT molecular complexity index is 1630. The number of nitrogens with one attached hydrogen (secondary N) is 1. The van der Waals surface area contributed by atoms with Gasteiger partial charge in [-0.2, -0.15) is 10.1 Å². The molecule has 3 aromatic heterocycles. The minimum absolute atomic E-state index is 0. The summed E-state index contributed by atoms with van der Waals surface area (Å²) in [6, 6.07) is 22.9. The monoisotopic (exact) mass is 534 g/mol. The van der Waals surface area contributed by atoms with Crippen molar-refractivity contribution in [2.24, 2.45) is 0 Å². The van der Waals surface area contributed by atoms with Crippen molar-refractivity contribution in [3.63, 3.8) is 0 Å². The maximum absolute atomic E-state index is 12.6. The van der Waals surface area contributed by atoms with Gasteiger partial charge in [0.15, 0.2) is 11.4 Å². The minimum atomic E-state index is 0. The van der Waals surface area contributed by atoms with Gasteiger partial charge < -0.3 is 10.1 Å². The van der Waals surface area contributed by atoms with E-state index in [1.165, 1.54) is 25.7 Å². The van der Waals surface area contributed by atoms with E-state index in [0.717, 1.165) is 42.1 Å². The normalized spacial score (nSPS) is 13.2. The second-order valence-corrected chi connectivity index (χ2v) is 10.0. The molecule has 0 atom stereocenters. The second kappa shape index (κ2) is 12.0. The molecular formula is C32H34N6O2. The zero-order valence-corrected chi connectivity index (χ0v) is 22.4. The van der Waals surface area contributed by atoms with E-state index in [1.807, 2.05) is 79.0 Å². The average molecular weight is 535 g/mol. The quantitative estimate of drug-likeness (QED) is 0.110. The van der Waals surface area contributed by atoms with Gasteiger partial charge in [-0.3, -0.25) is 9.48 Å². The van der Waals surface area contributed by atoms with Gasteiger partial charge in [-0.15, -0.1) is 5.10 Å². The predicted octanol–water partition coefficient (Wildman–Crippen LogP) is 7.12. The Hall–Kier alpha value is -4.72. The number of ether oxygens (including phenoxy) is 1. The summed E-state index contributed by atoms with van der Waals surface area (Å²) < 4.78 is 9.38. The summed E-state index contributed by atoms with van der Waals surface area (Å²) in [6.45, 7) is 0.889. The highest BCUT2D eigenvalue weighted by atomic mass is 16.5. The van der Waals surface area contributed by atoms with Gasteiger partial charge >= 0.3 is 0 Å². The zero-order chi connectivity index (χ0) is 27.1. The molecule has 0 bridgehead atoms. The number of Topliss-reactive ketones (excluding diaryl/α,β-unsaturated/α-hetero) is 1. The minimum Gasteiger partial charge on any atom is -0.494 e. The summed E-state index contributed by atoms with van der Waals surface area (Å²) >= 11 is 0. The summed E-state index contributed by atoms with van der Waals surface area (Å²) in [5, 5.41) is 12.4. The largest absolute Gasteiger partial charge is 0.494 e. The standard InChI is InChI=1S/C32H32N6O2.H2/c39-30(25-12-5-2-6-13-25)23-37-22-26(21-33-37)29-14-7-15-31-35-32(36-38(29)31)34-27-16-18-28(19-17-27)40-20-8-11-24-9-3-1-4-10-24;/h2,5-7,9,12-19,21-22H,1,3-4,8,10-11,20,23H2,(H,34,36);1H. The lowest BCUT2D eigenvalue weighted by Gasteiger charge is -2.13. The fourth-order valence-corrected chi connectivity index (χ4v) is 5.01. The van der Waals surface area contributed by atoms with Gasteiger partial charge in [0.2, 0.25) is 5.95 Å². The molecule has 40 heavy (non-hydrogen) atoms. The molecule has 8 nitrogen and oxygen atoms in total. The van der Waals surface area contributed by atoms with Gasteiger partial charge in [-0.1, -0.05) is 48.0 Å². The molecule has 0 radical (unpaired) electrons. The van der Waals surface area contributed by atoms with E-state index in [1.54, 1.807) is 21.0 Å². The Morgan fingerprint density at radius 1 is 1.00 bits per heavy atom. The Kier molecular flexibility index (Phi) is 7.66. The highest BCUT2D eigenvalue weighted by Crippen LogP contribution is 2.24. The van der Waals surface area contributed by atoms with E-state index < -0.39 is 0 Å². The van der Waals surface area contributed by atoms with Crippen molar-refractivity contribution in [1.29, 1.82) is 0 Å². The van der Waals surface area contributed by atoms with Crippen molar-refractivity contribution >= 4 is 23.1 Å². The maximum atomic E-state index is 12.6. The van der Waals surface area contributed by atoms with Crippen LogP contribution in [0.25, 0.3) is 16.9 Å². The molecule has 0 amide bonds. The van der Waals surface area contributed by atoms with Crippen LogP contribution in [0.1, 0.15) is 50.3 Å². The third-order valence-electron chi connectivity index (χ3n) is 7.10. The fraction of sp³-hybridized carbons (Fsp3) is 0.250. The second-order valence-electron chi connectivity index (χ2n) is 10.0. The number of benzene rings is 2. The topological polar surface area (TPSA) is 86.3 Å². The van der Waals surface area contributed by atoms with E-state index >= 15 is 0 Å². The summed E-state index contributed by atoms with van der Waals surface area (Å²) in [5.41, 5.74) is 5.53. The number of anilines is 2. The van der Waals surface area contributed by atoms with Crippen molar-refractivity contribution in [3.8, 4) is 17.0 Å². The Labute approximate surface area is 234 Å². The lowest BCUT2D eigenvalue weighted by Crippen LogP contribution is -2.10. The first-order valence-corrected chi connectivity index (χ1v) is 13.9. The van der Waals surface area contributed by atoms with Gasteiger partial charge in [-0.05, 0) is 74.9 Å². The molecule has 1 N–H and O–H groups in total. The molecule has 0 saturated carbocycles. The van der Waals surface area contributed by atoms with E-state index in [4.69, 9.17) is 4.74 Å². The Morgan fingerprint density at radius 2 is 1.88 bits per heavy atom. The fourth-order valence-electron chi connectivity index (χ4n) is 5.01. The van der Waals surface area contributed by atoms with Gasteiger partial charge in [0, 0.05) is 24.4 Å². The van der Waals surface area contributed by atoms with Gasteiger partial charge in [0.05, 0.1) is 18.5 Å². The summed E-state index contributed by atoms with van der Waals surface area (Å²) in [7, 11) is 0. The Morgan fingerprint density at radius 3 is 2.70 bits per heavy atom. The lowest BCUT2D eigenvalue weighted by atomic mass is 9.96. The van der Waals surface area contributed by atoms with Crippen LogP contribution in [0.2, 0.25) is 0 Å². The molecular weight excluding hydrogens is 500 g/mol. The number of allylic oxidation sites excluding steroid dienone is 2. The zero-order valence-electron chi connectivity index (χ0n) is 22.4. The van der Waals surface area contributed by atoms with Gasteiger partial charge in [-0.25, -0.2) is 4.52 Å². The van der Waals surface area contributed by atoms with Crippen molar-refractivity contribution in [2.45, 2.75) is 45.1 Å². The average Bonchev–Trinajstić information content (AvgIpc) is 3.64. The molecule has 0 unspecified atom stereocenters. The number of ketones is 1. The van der Waals surface area contributed by atoms with Crippen LogP contribution >= 0.6 is 0 Å². The molecule has 3 heterocycles. The number of nitrogens with zero attached hydrogens (tertiary/aromatic N) is 5. The summed E-state index contributed by atoms with van der Waals surface area (Å²) in [4.78, 5) is 17.2. The molecule has 5 aromatic rings. The van der Waals surface area contributed by atoms with E-state index in [-0.39, 0.29) is 13.8 Å². The first-order chi connectivity index (χ1) is 19.7. The predicted molar refractivity (Wildman–Crippen MR) is 158 cm³/mol. The summed E-state index contributed by atoms with van der Waals surface area (Å²) in [5.74, 6) is 1.36. The highest BCUT2D eigenvalue weighted by molar-refractivity contribution is 5.95. The number of pyridine rings is 1. The van der Waals surface area contributed by atoms with Crippen LogP contribution in [-0.2, 0) is 6.54 Å². The molecule has 0 spiro atoms. The maximum Gasteiger partial charge on any atom is 0.247 e. The summed E-state index contributed by atoms with van der Waals surface area (Å²) in [6.07, 6.45) is 13.3. The van der Waals surface area contributed by atoms with Crippen molar-refractivity contribution in [3.05, 3.63) is 102 Å². The van der Waals surface area contributed by atoms with Crippen LogP contribution in [0.15, 0.2) is 96.8 Å². The molecule has 1 aliphatic carbocycles. The lowest BCUT2D eigenvalue weighted by molar-refractivity contribution is 0.0967. The highest BCUT2D eigenvalue weighted by Gasteiger charge is 2.13. The number of aromatic nitrogens is 5. The third-order valence-corrected chi connectivity index (χ3v) is 7.10. The first-order valence-electron chi connectivity index (χ1n) is 13.9. The van der Waals surface area contributed by atoms with Crippen LogP contribution in [-0.4, -0.2) is 36.8 Å². The number of carbonyl (C=O) groups is 1. The van der Waals surface area contributed by atoms with Crippen molar-refractivity contribution in [1.82, 2.24) is 24.4 Å². The molecule has 0 saturated heterocycles. The third kappa shape index (κ3) is 6.12. The SMILES string of the molecule is O=C(Cn1cc(-c2cccc3nc(Nc4ccc(OCCCC5=CCCCC5)cc4)nn23)cn1)c1ccccc1.[HH]. The number of rotatable bonds is 11. The van der Waals surface area contributed by atoms with Crippen LogP contribution in [0.4, 0.5) is 11.6 Å². The number of fused-ring (bicyclic) bond motifs is 1. The molecule has 6 rings (SSSR count). The van der Waals surface area contributed by atoms with E-state index in [0.29, 0.717) is 17.2 Å². The molecule has 0 fully saturated rings. The molecule has 204 valence electrons. The van der Waals surface area contributed by atoms with Crippen LogP contribution in [0.3, 0.4) is 0 Å². The van der Waals surface area contributed by atoms with E-state index in [2.05, 4.69) is 26.6 Å². The molecule has 2 aromatic carbocycles. The van der Waals surface area contributed by atoms with Crippen LogP contribution in [0, 0.1) is 0 Å². The number of carbonyl (C=O) groups excluding carboxylic acids is 1. The van der Waals surface area contributed by atoms with Crippen molar-refractivity contribution in [2.75, 3.05) is 11.9 Å². The molecule has 1 aliphatic rings. The van der Waals surface area contributed by atoms with Crippen LogP contribution < -0.4 is 10.1 Å². The molecule has 8 heteroatoms. The Balaban J connectivity index is 0.00000337.